The topological polar surface area (TPSA) is 66.9 Å². The number of hydrogen-bond acceptors (Lipinski definition) is 4. The van der Waals surface area contributed by atoms with E-state index >= 15 is 0 Å². The van der Waals surface area contributed by atoms with Gasteiger partial charge in [0.25, 0.3) is 5.91 Å². The maximum Gasteiger partial charge on any atom is 0.253 e. The van der Waals surface area contributed by atoms with Gasteiger partial charge in [0.05, 0.1) is 17.2 Å². The Labute approximate surface area is 179 Å². The molecule has 1 aliphatic carbocycles. The molecule has 0 spiro atoms. The lowest BCUT2D eigenvalue weighted by atomic mass is 9.86. The van der Waals surface area contributed by atoms with Crippen LogP contribution in [0, 0.1) is 5.92 Å². The zero-order valence-corrected chi connectivity index (χ0v) is 19.2. The molecule has 1 aromatic carbocycles. The van der Waals surface area contributed by atoms with Gasteiger partial charge in [-0.1, -0.05) is 18.5 Å². The minimum absolute atomic E-state index is 0.0167. The molecule has 1 saturated heterocycles. The van der Waals surface area contributed by atoms with Gasteiger partial charge >= 0.3 is 0 Å². The molecule has 0 aromatic heterocycles. The summed E-state index contributed by atoms with van der Waals surface area (Å²) in [6.07, 6.45) is 3.78. The number of benzene rings is 1. The Morgan fingerprint density at radius 1 is 1.10 bits per heavy atom. The van der Waals surface area contributed by atoms with Gasteiger partial charge in [-0.25, -0.2) is 8.42 Å². The summed E-state index contributed by atoms with van der Waals surface area (Å²) in [5, 5.41) is 0.127. The number of halogens is 1. The molecule has 2 fully saturated rings. The molecule has 8 heteroatoms. The molecule has 2 atom stereocenters. The van der Waals surface area contributed by atoms with Crippen molar-refractivity contribution in [1.82, 2.24) is 9.21 Å². The normalized spacial score (nSPS) is 28.9. The van der Waals surface area contributed by atoms with E-state index in [9.17, 15) is 13.2 Å². The zero-order valence-electron chi connectivity index (χ0n) is 17.6. The Bertz CT molecular complexity index is 842. The van der Waals surface area contributed by atoms with Gasteiger partial charge in [-0.15, -0.1) is 0 Å². The lowest BCUT2D eigenvalue weighted by Gasteiger charge is -2.35. The van der Waals surface area contributed by atoms with Crippen LogP contribution in [-0.4, -0.2) is 61.9 Å². The smallest absolute Gasteiger partial charge is 0.253 e. The summed E-state index contributed by atoms with van der Waals surface area (Å²) in [5.41, 5.74) is 0.350. The summed E-state index contributed by atoms with van der Waals surface area (Å²) in [6, 6.07) is 4.73. The molecule has 0 radical (unpaired) electrons. The standard InChI is InChI=1S/C21H31ClN2O4S/c1-14-5-8-18(9-6-14)23(4)21(25)17-7-10-19(22)20(11-17)29(26,27)24-12-15(2)28-16(3)13-24/h7,10-11,14-16,18H,5-6,8-9,12-13H2,1-4H3. The second-order valence-electron chi connectivity index (χ2n) is 8.55. The van der Waals surface area contributed by atoms with Gasteiger partial charge in [-0.2, -0.15) is 4.31 Å². The van der Waals surface area contributed by atoms with Gasteiger partial charge in [0.1, 0.15) is 4.90 Å². The van der Waals surface area contributed by atoms with E-state index in [1.165, 1.54) is 16.4 Å². The first-order valence-electron chi connectivity index (χ1n) is 10.3. The summed E-state index contributed by atoms with van der Waals surface area (Å²) in [5.74, 6) is 0.529. The van der Waals surface area contributed by atoms with Crippen LogP contribution in [0.1, 0.15) is 56.8 Å². The number of carbonyl (C=O) groups is 1. The molecule has 3 rings (SSSR count). The third-order valence-corrected chi connectivity index (χ3v) is 8.35. The van der Waals surface area contributed by atoms with Crippen LogP contribution in [0.5, 0.6) is 0 Å². The molecule has 2 unspecified atom stereocenters. The summed E-state index contributed by atoms with van der Waals surface area (Å²) >= 11 is 6.26. The first-order valence-corrected chi connectivity index (χ1v) is 12.1. The van der Waals surface area contributed by atoms with Gasteiger partial charge in [0.2, 0.25) is 10.0 Å². The number of ether oxygens (including phenoxy) is 1. The number of amides is 1. The highest BCUT2D eigenvalue weighted by Gasteiger charge is 2.34. The lowest BCUT2D eigenvalue weighted by molar-refractivity contribution is -0.0440. The van der Waals surface area contributed by atoms with E-state index in [1.54, 1.807) is 18.0 Å². The summed E-state index contributed by atoms with van der Waals surface area (Å²) < 4.78 is 33.5. The van der Waals surface area contributed by atoms with Crippen molar-refractivity contribution in [3.8, 4) is 0 Å². The van der Waals surface area contributed by atoms with Crippen molar-refractivity contribution in [3.05, 3.63) is 28.8 Å². The van der Waals surface area contributed by atoms with Gasteiger partial charge < -0.3 is 9.64 Å². The molecule has 0 bridgehead atoms. The maximum absolute atomic E-state index is 13.2. The van der Waals surface area contributed by atoms with Crippen molar-refractivity contribution in [2.45, 2.75) is 69.6 Å². The second kappa shape index (κ2) is 8.92. The molecule has 1 amide bonds. The summed E-state index contributed by atoms with van der Waals surface area (Å²) in [4.78, 5) is 14.8. The Balaban J connectivity index is 1.84. The zero-order chi connectivity index (χ0) is 21.3. The number of hydrogen-bond donors (Lipinski definition) is 0. The highest BCUT2D eigenvalue weighted by Crippen LogP contribution is 2.30. The molecular weight excluding hydrogens is 412 g/mol. The molecule has 2 aliphatic rings. The molecule has 29 heavy (non-hydrogen) atoms. The molecule has 6 nitrogen and oxygen atoms in total. The minimum Gasteiger partial charge on any atom is -0.373 e. The van der Waals surface area contributed by atoms with Crippen LogP contribution in [0.2, 0.25) is 5.02 Å². The van der Waals surface area contributed by atoms with Crippen molar-refractivity contribution < 1.29 is 17.9 Å². The molecule has 162 valence electrons. The fraction of sp³-hybridized carbons (Fsp3) is 0.667. The van der Waals surface area contributed by atoms with E-state index in [0.717, 1.165) is 25.7 Å². The molecule has 0 N–H and O–H groups in total. The fourth-order valence-electron chi connectivity index (χ4n) is 4.30. The van der Waals surface area contributed by atoms with E-state index < -0.39 is 10.0 Å². The summed E-state index contributed by atoms with van der Waals surface area (Å²) in [7, 11) is -2.02. The summed E-state index contributed by atoms with van der Waals surface area (Å²) in [6.45, 7) is 6.46. The molecule has 1 saturated carbocycles. The van der Waals surface area contributed by atoms with Crippen molar-refractivity contribution in [2.24, 2.45) is 5.92 Å². The van der Waals surface area contributed by atoms with Gasteiger partial charge in [0, 0.05) is 31.7 Å². The number of sulfonamides is 1. The van der Waals surface area contributed by atoms with E-state index in [1.807, 2.05) is 13.8 Å². The van der Waals surface area contributed by atoms with Crippen molar-refractivity contribution in [2.75, 3.05) is 20.1 Å². The van der Waals surface area contributed by atoms with Gasteiger partial charge in [-0.3, -0.25) is 4.79 Å². The molecule has 1 aliphatic heterocycles. The number of morpholine rings is 1. The highest BCUT2D eigenvalue weighted by atomic mass is 35.5. The van der Waals surface area contributed by atoms with Crippen molar-refractivity contribution in [3.63, 3.8) is 0 Å². The second-order valence-corrected chi connectivity index (χ2v) is 10.9. The largest absolute Gasteiger partial charge is 0.373 e. The van der Waals surface area contributed by atoms with Gasteiger partial charge in [-0.05, 0) is 63.6 Å². The Kier molecular flexibility index (Phi) is 6.93. The lowest BCUT2D eigenvalue weighted by Crippen LogP contribution is -2.48. The first kappa shape index (κ1) is 22.5. The van der Waals surface area contributed by atoms with Crippen molar-refractivity contribution in [1.29, 1.82) is 0 Å². The number of nitrogens with zero attached hydrogens (tertiary/aromatic N) is 2. The average Bonchev–Trinajstić information content (AvgIpc) is 2.67. The van der Waals surface area contributed by atoms with E-state index in [2.05, 4.69) is 6.92 Å². The third kappa shape index (κ3) is 4.95. The fourth-order valence-corrected chi connectivity index (χ4v) is 6.39. The van der Waals surface area contributed by atoms with Gasteiger partial charge in [0.15, 0.2) is 0 Å². The van der Waals surface area contributed by atoms with Crippen LogP contribution in [0.25, 0.3) is 0 Å². The van der Waals surface area contributed by atoms with E-state index in [4.69, 9.17) is 16.3 Å². The van der Waals surface area contributed by atoms with Crippen LogP contribution in [-0.2, 0) is 14.8 Å². The van der Waals surface area contributed by atoms with Crippen LogP contribution >= 0.6 is 11.6 Å². The predicted molar refractivity (Wildman–Crippen MR) is 114 cm³/mol. The van der Waals surface area contributed by atoms with Crippen LogP contribution in [0.3, 0.4) is 0 Å². The van der Waals surface area contributed by atoms with Crippen molar-refractivity contribution >= 4 is 27.5 Å². The van der Waals surface area contributed by atoms with Crippen LogP contribution in [0.4, 0.5) is 0 Å². The monoisotopic (exact) mass is 442 g/mol. The molecular formula is C21H31ClN2O4S. The number of rotatable bonds is 4. The first-order chi connectivity index (χ1) is 13.6. The average molecular weight is 443 g/mol. The minimum atomic E-state index is -3.82. The Morgan fingerprint density at radius 2 is 1.69 bits per heavy atom. The van der Waals surface area contributed by atoms with Crippen LogP contribution in [0.15, 0.2) is 23.1 Å². The third-order valence-electron chi connectivity index (χ3n) is 6.04. The highest BCUT2D eigenvalue weighted by molar-refractivity contribution is 7.89. The quantitative estimate of drug-likeness (QED) is 0.711. The predicted octanol–water partition coefficient (Wildman–Crippen LogP) is 3.79. The SMILES string of the molecule is CC1CCC(N(C)C(=O)c2ccc(Cl)c(S(=O)(=O)N3CC(C)OC(C)C3)c2)CC1. The van der Waals surface area contributed by atoms with E-state index in [-0.39, 0.29) is 47.2 Å². The molecule has 1 heterocycles. The Morgan fingerprint density at radius 3 is 2.28 bits per heavy atom. The number of carbonyl (C=O) groups excluding carboxylic acids is 1. The Hall–Kier alpha value is -1.15. The maximum atomic E-state index is 13.2. The van der Waals surface area contributed by atoms with Crippen LogP contribution < -0.4 is 0 Å². The van der Waals surface area contributed by atoms with E-state index in [0.29, 0.717) is 11.5 Å². The molecule has 1 aromatic rings.